The number of nitrogens with two attached hydrogens (primary N) is 1. The Morgan fingerprint density at radius 3 is 2.48 bits per heavy atom. The van der Waals surface area contributed by atoms with Crippen molar-refractivity contribution in [2.24, 2.45) is 0 Å². The van der Waals surface area contributed by atoms with E-state index in [-0.39, 0.29) is 34.5 Å². The smallest absolute Gasteiger partial charge is 0.343 e. The van der Waals surface area contributed by atoms with Gasteiger partial charge in [0.05, 0.1) is 23.6 Å². The molecule has 0 fully saturated rings. The van der Waals surface area contributed by atoms with E-state index in [0.29, 0.717) is 11.4 Å². The molecule has 0 bridgehead atoms. The third kappa shape index (κ3) is 6.50. The van der Waals surface area contributed by atoms with E-state index in [0.717, 1.165) is 11.8 Å². The number of hydrogen-bond donors (Lipinski definition) is 3. The molecule has 11 heteroatoms. The minimum absolute atomic E-state index is 0.0471. The van der Waals surface area contributed by atoms with Crippen LogP contribution in [0.3, 0.4) is 0 Å². The molecule has 3 rings (SSSR count). The number of nitrogens with one attached hydrogen (secondary N) is 2. The Kier molecular flexibility index (Phi) is 7.92. The van der Waals surface area contributed by atoms with Gasteiger partial charge in [-0.2, -0.15) is 0 Å². The van der Waals surface area contributed by atoms with Crippen LogP contribution in [0.1, 0.15) is 27.6 Å². The third-order valence-electron chi connectivity index (χ3n) is 4.17. The molecule has 170 valence electrons. The van der Waals surface area contributed by atoms with E-state index in [1.54, 1.807) is 31.2 Å². The van der Waals surface area contributed by atoms with Gasteiger partial charge in [-0.3, -0.25) is 9.59 Å². The number of ether oxygens (including phenoxy) is 1. The average Bonchev–Trinajstić information content (AvgIpc) is 2.79. The number of halogens is 1. The lowest BCUT2D eigenvalue weighted by atomic mass is 10.1. The minimum atomic E-state index is -0.625. The van der Waals surface area contributed by atoms with Crippen LogP contribution in [0.5, 0.6) is 0 Å². The summed E-state index contributed by atoms with van der Waals surface area (Å²) in [5.41, 5.74) is 6.78. The second kappa shape index (κ2) is 11.0. The molecule has 2 aromatic carbocycles. The molecule has 1 heterocycles. The molecule has 0 aliphatic carbocycles. The molecule has 1 aromatic heterocycles. The maximum absolute atomic E-state index is 13.1. The van der Waals surface area contributed by atoms with Gasteiger partial charge in [0, 0.05) is 11.9 Å². The first-order valence-electron chi connectivity index (χ1n) is 9.75. The van der Waals surface area contributed by atoms with Gasteiger partial charge in [0.2, 0.25) is 5.91 Å². The average molecular weight is 469 g/mol. The van der Waals surface area contributed by atoms with Gasteiger partial charge in [-0.05, 0) is 43.3 Å². The highest BCUT2D eigenvalue weighted by atomic mass is 32.2. The van der Waals surface area contributed by atoms with E-state index >= 15 is 0 Å². The van der Waals surface area contributed by atoms with Crippen LogP contribution < -0.4 is 16.4 Å². The number of rotatable bonds is 8. The second-order valence-electron chi connectivity index (χ2n) is 6.52. The highest BCUT2D eigenvalue weighted by Crippen LogP contribution is 2.20. The molecule has 9 nitrogen and oxygen atoms in total. The summed E-state index contributed by atoms with van der Waals surface area (Å²) in [5, 5.41) is 5.54. The normalized spacial score (nSPS) is 10.4. The summed E-state index contributed by atoms with van der Waals surface area (Å²) in [6.45, 7) is 1.86. The van der Waals surface area contributed by atoms with Crippen LogP contribution in [0.25, 0.3) is 0 Å². The van der Waals surface area contributed by atoms with Crippen molar-refractivity contribution in [3.05, 3.63) is 71.7 Å². The van der Waals surface area contributed by atoms with Gasteiger partial charge in [-0.15, -0.1) is 0 Å². The largest absolute Gasteiger partial charge is 0.462 e. The lowest BCUT2D eigenvalue weighted by Crippen LogP contribution is -2.19. The quantitative estimate of drug-likeness (QED) is 0.260. The summed E-state index contributed by atoms with van der Waals surface area (Å²) in [7, 11) is 0. The first-order chi connectivity index (χ1) is 15.9. The van der Waals surface area contributed by atoms with Crippen molar-refractivity contribution < 1.29 is 23.5 Å². The lowest BCUT2D eigenvalue weighted by molar-refractivity contribution is -0.113. The number of carbonyl (C=O) groups is 3. The summed E-state index contributed by atoms with van der Waals surface area (Å²) >= 11 is 1.01. The Morgan fingerprint density at radius 2 is 1.79 bits per heavy atom. The van der Waals surface area contributed by atoms with E-state index in [1.807, 2.05) is 0 Å². The summed E-state index contributed by atoms with van der Waals surface area (Å²) in [6.07, 6.45) is 1.25. The number of thioether (sulfide) groups is 1. The topological polar surface area (TPSA) is 136 Å². The zero-order chi connectivity index (χ0) is 23.8. The maximum atomic E-state index is 13.1. The Morgan fingerprint density at radius 1 is 1.06 bits per heavy atom. The van der Waals surface area contributed by atoms with Gasteiger partial charge >= 0.3 is 5.97 Å². The number of nitrogen functional groups attached to an aromatic ring is 1. The molecular weight excluding hydrogens is 449 g/mol. The van der Waals surface area contributed by atoms with Gasteiger partial charge in [0.25, 0.3) is 5.91 Å². The van der Waals surface area contributed by atoms with Gasteiger partial charge in [-0.25, -0.2) is 19.2 Å². The molecule has 0 atom stereocenters. The molecule has 0 spiro atoms. The standard InChI is InChI=1S/C22H20FN5O4S/c1-2-32-21(31)16-11-25-22(28-19(16)24)33-12-18(29)27-17-6-4-3-5-15(17)20(30)26-14-9-7-13(23)8-10-14/h3-11H,2,12H2,1H3,(H,26,30)(H,27,29)(H2,24,25,28). The summed E-state index contributed by atoms with van der Waals surface area (Å²) in [4.78, 5) is 44.8. The molecular formula is C22H20FN5O4S. The van der Waals surface area contributed by atoms with Crippen molar-refractivity contribution >= 4 is 46.7 Å². The van der Waals surface area contributed by atoms with Crippen LogP contribution in [-0.2, 0) is 9.53 Å². The Hall–Kier alpha value is -3.99. The monoisotopic (exact) mass is 469 g/mol. The fraction of sp³-hybridized carbons (Fsp3) is 0.136. The molecule has 0 aliphatic rings. The molecule has 0 saturated heterocycles. The second-order valence-corrected chi connectivity index (χ2v) is 7.46. The summed E-state index contributed by atoms with van der Waals surface area (Å²) in [5.74, 6) is -2.02. The predicted octanol–water partition coefficient (Wildman–Crippen LogP) is 3.36. The zero-order valence-corrected chi connectivity index (χ0v) is 18.3. The molecule has 0 radical (unpaired) electrons. The SMILES string of the molecule is CCOC(=O)c1cnc(SCC(=O)Nc2ccccc2C(=O)Nc2ccc(F)cc2)nc1N. The molecule has 0 aliphatic heterocycles. The number of para-hydroxylation sites is 1. The molecule has 0 unspecified atom stereocenters. The number of esters is 1. The fourth-order valence-corrected chi connectivity index (χ4v) is 3.27. The van der Waals surface area contributed by atoms with Crippen molar-refractivity contribution in [2.75, 3.05) is 28.7 Å². The first-order valence-corrected chi connectivity index (χ1v) is 10.7. The van der Waals surface area contributed by atoms with Gasteiger partial charge in [0.1, 0.15) is 17.2 Å². The Balaban J connectivity index is 1.62. The van der Waals surface area contributed by atoms with E-state index in [1.165, 1.54) is 30.5 Å². The van der Waals surface area contributed by atoms with E-state index in [9.17, 15) is 18.8 Å². The first kappa shape index (κ1) is 23.7. The molecule has 33 heavy (non-hydrogen) atoms. The molecule has 4 N–H and O–H groups in total. The van der Waals surface area contributed by atoms with Crippen molar-refractivity contribution in [2.45, 2.75) is 12.1 Å². The number of aromatic nitrogens is 2. The van der Waals surface area contributed by atoms with Crippen LogP contribution in [0.15, 0.2) is 59.9 Å². The van der Waals surface area contributed by atoms with E-state index in [4.69, 9.17) is 10.5 Å². The fourth-order valence-electron chi connectivity index (χ4n) is 2.65. The van der Waals surface area contributed by atoms with Crippen molar-refractivity contribution in [1.29, 1.82) is 0 Å². The van der Waals surface area contributed by atoms with Crippen LogP contribution in [-0.4, -0.2) is 40.1 Å². The van der Waals surface area contributed by atoms with E-state index < -0.39 is 23.6 Å². The predicted molar refractivity (Wildman–Crippen MR) is 123 cm³/mol. The third-order valence-corrected chi connectivity index (χ3v) is 5.03. The number of anilines is 3. The van der Waals surface area contributed by atoms with Crippen molar-refractivity contribution in [1.82, 2.24) is 9.97 Å². The number of nitrogens with zero attached hydrogens (tertiary/aromatic N) is 2. The Labute approximate surface area is 193 Å². The van der Waals surface area contributed by atoms with Crippen molar-refractivity contribution in [3.8, 4) is 0 Å². The molecule has 0 saturated carbocycles. The van der Waals surface area contributed by atoms with E-state index in [2.05, 4.69) is 20.6 Å². The maximum Gasteiger partial charge on any atom is 0.343 e. The molecule has 3 aromatic rings. The molecule has 2 amide bonds. The summed E-state index contributed by atoms with van der Waals surface area (Å²) in [6, 6.07) is 11.8. The summed E-state index contributed by atoms with van der Waals surface area (Å²) < 4.78 is 17.9. The highest BCUT2D eigenvalue weighted by molar-refractivity contribution is 7.99. The number of hydrogen-bond acceptors (Lipinski definition) is 8. The van der Waals surface area contributed by atoms with Gasteiger partial charge < -0.3 is 21.1 Å². The number of carbonyl (C=O) groups excluding carboxylic acids is 3. The highest BCUT2D eigenvalue weighted by Gasteiger charge is 2.16. The minimum Gasteiger partial charge on any atom is -0.462 e. The van der Waals surface area contributed by atoms with Crippen LogP contribution in [0.2, 0.25) is 0 Å². The van der Waals surface area contributed by atoms with Crippen LogP contribution in [0.4, 0.5) is 21.6 Å². The number of amides is 2. The van der Waals surface area contributed by atoms with Crippen molar-refractivity contribution in [3.63, 3.8) is 0 Å². The van der Waals surface area contributed by atoms with Gasteiger partial charge in [-0.1, -0.05) is 23.9 Å². The van der Waals surface area contributed by atoms with Gasteiger partial charge in [0.15, 0.2) is 5.16 Å². The zero-order valence-electron chi connectivity index (χ0n) is 17.5. The Bertz CT molecular complexity index is 1170. The van der Waals surface area contributed by atoms with Crippen LogP contribution in [0, 0.1) is 5.82 Å². The number of benzene rings is 2. The lowest BCUT2D eigenvalue weighted by Gasteiger charge is -2.11. The van der Waals surface area contributed by atoms with Crippen LogP contribution >= 0.6 is 11.8 Å².